The van der Waals surface area contributed by atoms with Gasteiger partial charge in [0.15, 0.2) is 0 Å². The summed E-state index contributed by atoms with van der Waals surface area (Å²) < 4.78 is 42.2. The second kappa shape index (κ2) is 21.8. The number of benzene rings is 2. The van der Waals surface area contributed by atoms with E-state index in [9.17, 15) is 37.9 Å². The Hall–Kier alpha value is -6.16. The third-order valence-corrected chi connectivity index (χ3v) is 16.8. The molecule has 402 valence electrons. The van der Waals surface area contributed by atoms with Gasteiger partial charge in [0.1, 0.15) is 17.8 Å². The summed E-state index contributed by atoms with van der Waals surface area (Å²) in [7, 11) is 0. The Kier molecular flexibility index (Phi) is 15.6. The van der Waals surface area contributed by atoms with Crippen molar-refractivity contribution < 1.29 is 47.3 Å². The van der Waals surface area contributed by atoms with Crippen LogP contribution in [0.15, 0.2) is 77.6 Å². The molecule has 0 spiro atoms. The molecule has 2 aliphatic carbocycles. The normalized spacial score (nSPS) is 24.9. The second-order valence-electron chi connectivity index (χ2n) is 22.1. The summed E-state index contributed by atoms with van der Waals surface area (Å²) in [5, 5.41) is 28.3. The molecular formula is C54H68F2N10O8S. The van der Waals surface area contributed by atoms with Crippen LogP contribution < -0.4 is 21.4 Å². The third kappa shape index (κ3) is 11.4. The number of carbonyl (C=O) groups is 5. The Morgan fingerprint density at radius 3 is 2.32 bits per heavy atom. The molecule has 0 radical (unpaired) electrons. The molecule has 9 rings (SSSR count). The van der Waals surface area contributed by atoms with Gasteiger partial charge in [-0.2, -0.15) is 10.2 Å². The molecule has 2 saturated carbocycles. The highest BCUT2D eigenvalue weighted by Gasteiger charge is 2.80. The van der Waals surface area contributed by atoms with E-state index in [0.29, 0.717) is 18.8 Å². The van der Waals surface area contributed by atoms with E-state index in [1.54, 1.807) is 45.7 Å². The van der Waals surface area contributed by atoms with Crippen molar-refractivity contribution in [3.05, 3.63) is 89.3 Å². The molecule has 2 saturated heterocycles. The van der Waals surface area contributed by atoms with Crippen LogP contribution >= 0.6 is 11.3 Å². The van der Waals surface area contributed by atoms with Crippen LogP contribution in [-0.2, 0) is 33.4 Å². The van der Waals surface area contributed by atoms with Gasteiger partial charge in [-0.25, -0.2) is 13.8 Å². The molecule has 2 aromatic carbocycles. The van der Waals surface area contributed by atoms with Crippen LogP contribution in [0, 0.1) is 35.5 Å². The number of aromatic nitrogens is 3. The van der Waals surface area contributed by atoms with E-state index in [4.69, 9.17) is 9.47 Å². The molecule has 5 amide bonds. The number of fused-ring (bicyclic) bond motifs is 2. The lowest BCUT2D eigenvalue weighted by atomic mass is 9.77. The molecule has 9 atom stereocenters. The summed E-state index contributed by atoms with van der Waals surface area (Å²) in [6, 6.07) is 14.9. The molecule has 2 unspecified atom stereocenters. The number of aryl methyl sites for hydroxylation is 1. The van der Waals surface area contributed by atoms with Crippen LogP contribution in [0.25, 0.3) is 10.4 Å². The van der Waals surface area contributed by atoms with Gasteiger partial charge in [-0.15, -0.1) is 11.3 Å². The zero-order valence-corrected chi connectivity index (χ0v) is 44.1. The molecule has 3 aliphatic heterocycles. The number of alkyl halides is 2. The number of hydrogen-bond donors (Lipinski definition) is 5. The number of halogens is 2. The number of rotatable bonds is 20. The fraction of sp³-hybridized carbons (Fsp3) is 0.556. The average molecular weight is 1060 g/mol. The van der Waals surface area contributed by atoms with E-state index in [2.05, 4.69) is 36.6 Å². The van der Waals surface area contributed by atoms with E-state index in [-0.39, 0.29) is 113 Å². The number of carbonyl (C=O) groups excluding carboxylic acids is 5. The second-order valence-corrected chi connectivity index (χ2v) is 22.9. The highest BCUT2D eigenvalue weighted by molar-refractivity contribution is 7.13. The average Bonchev–Trinajstić information content (AvgIpc) is 4.17. The Labute approximate surface area is 439 Å². The number of hydrazone groups is 1. The van der Waals surface area contributed by atoms with Crippen LogP contribution in [0.3, 0.4) is 0 Å². The maximum Gasteiger partial charge on any atom is 0.272 e. The van der Waals surface area contributed by atoms with E-state index < -0.39 is 58.6 Å². The zero-order chi connectivity index (χ0) is 53.4. The van der Waals surface area contributed by atoms with Gasteiger partial charge >= 0.3 is 0 Å². The Balaban J connectivity index is 0.677. The fourth-order valence-corrected chi connectivity index (χ4v) is 12.1. The smallest absolute Gasteiger partial charge is 0.272 e. The van der Waals surface area contributed by atoms with Crippen LogP contribution in [0.4, 0.5) is 14.5 Å². The van der Waals surface area contributed by atoms with Gasteiger partial charge in [0, 0.05) is 61.8 Å². The number of aliphatic hydroxyl groups excluding tert-OH is 1. The number of thiazole rings is 1. The first-order valence-electron chi connectivity index (χ1n) is 25.9. The van der Waals surface area contributed by atoms with Crippen LogP contribution in [0.2, 0.25) is 0 Å². The molecule has 5 heterocycles. The van der Waals surface area contributed by atoms with Crippen molar-refractivity contribution in [1.29, 1.82) is 0 Å². The number of aliphatic hydroxyl groups is 1. The highest BCUT2D eigenvalue weighted by atomic mass is 32.1. The minimum Gasteiger partial charge on any atom is -0.391 e. The van der Waals surface area contributed by atoms with Gasteiger partial charge in [0.25, 0.3) is 11.8 Å². The first-order valence-corrected chi connectivity index (χ1v) is 26.7. The van der Waals surface area contributed by atoms with E-state index in [1.807, 2.05) is 89.2 Å². The van der Waals surface area contributed by atoms with Gasteiger partial charge in [-0.05, 0) is 48.8 Å². The van der Waals surface area contributed by atoms with Crippen LogP contribution in [-0.4, -0.2) is 141 Å². The van der Waals surface area contributed by atoms with Gasteiger partial charge in [-0.1, -0.05) is 82.3 Å². The van der Waals surface area contributed by atoms with Crippen molar-refractivity contribution >= 4 is 52.3 Å². The molecular weight excluding hydrogens is 987 g/mol. The molecule has 4 fully saturated rings. The minimum atomic E-state index is -2.73. The highest BCUT2D eigenvalue weighted by Crippen LogP contribution is 2.73. The third-order valence-electron chi connectivity index (χ3n) is 15.8. The standard InChI is InChI=1S/C54H68F2N10O8S/c1-31(33-12-14-35(15-13-33)47-32(2)57-30-75-47)59-49(70)41-22-38(67)29-65(41)51(72)48(52(3,4)5)61-43(68)16-18-73-20-21-74-19-17-44(69)64-26-36(27-64)46(34-10-8-7-9-11-34)66-28-37(25-58-66)60-50(71)45-39-23-42-53(6,54(42,55)56)24-40(39)62-63-45/h7-15,25,28,30-31,36,38-42,46,48,62,67H,16-24,26-27,29H2,1-6H3,(H,59,70)(H,60,71)(H,61,68)/t31-,38+,39?,40?,41-,42-,46+,48+,53+/m0/s1. The van der Waals surface area contributed by atoms with E-state index in [1.165, 1.54) is 4.90 Å². The van der Waals surface area contributed by atoms with Crippen molar-refractivity contribution in [2.75, 3.05) is 51.4 Å². The van der Waals surface area contributed by atoms with Crippen molar-refractivity contribution in [2.24, 2.45) is 33.7 Å². The Morgan fingerprint density at radius 1 is 0.933 bits per heavy atom. The van der Waals surface area contributed by atoms with Crippen molar-refractivity contribution in [1.82, 2.24) is 40.6 Å². The maximum absolute atomic E-state index is 14.5. The molecule has 5 aliphatic rings. The maximum atomic E-state index is 14.5. The topological polar surface area (TPSA) is 222 Å². The molecule has 18 nitrogen and oxygen atoms in total. The predicted octanol–water partition coefficient (Wildman–Crippen LogP) is 5.49. The quantitative estimate of drug-likeness (QED) is 0.0697. The number of anilines is 1. The minimum absolute atomic E-state index is 0.0295. The van der Waals surface area contributed by atoms with Crippen molar-refractivity contribution in [2.45, 2.75) is 116 Å². The van der Waals surface area contributed by atoms with Crippen molar-refractivity contribution in [3.63, 3.8) is 0 Å². The van der Waals surface area contributed by atoms with Crippen molar-refractivity contribution in [3.8, 4) is 10.4 Å². The van der Waals surface area contributed by atoms with Crippen LogP contribution in [0.5, 0.6) is 0 Å². The van der Waals surface area contributed by atoms with Gasteiger partial charge in [0.05, 0.1) is 85.0 Å². The van der Waals surface area contributed by atoms with Gasteiger partial charge in [0.2, 0.25) is 23.6 Å². The number of β-amino-alcohol motifs (C(OH)–C–C–N with tert-alkyl or cyclic N) is 1. The SMILES string of the molecule is Cc1ncsc1-c1ccc([C@H](C)NC(=O)[C@@H]2C[C@@H](O)CN2C(=O)[C@@H](NC(=O)CCOCCOCCC(=O)N2CC([C@@H](c3ccccc3)n3cc(NC(=O)C4=NNC5C[C@]6(C)[C@H](CC45)C6(F)F)cn3)C2)C(C)(C)C)cc1. The monoisotopic (exact) mass is 1050 g/mol. The first-order chi connectivity index (χ1) is 35.7. The molecule has 4 aromatic rings. The fourth-order valence-electron chi connectivity index (χ4n) is 11.3. The summed E-state index contributed by atoms with van der Waals surface area (Å²) in [6.07, 6.45) is 3.09. The summed E-state index contributed by atoms with van der Waals surface area (Å²) in [5.41, 5.74) is 7.52. The largest absolute Gasteiger partial charge is 0.391 e. The lowest BCUT2D eigenvalue weighted by Gasteiger charge is -2.43. The molecule has 2 aromatic heterocycles. The summed E-state index contributed by atoms with van der Waals surface area (Å²) in [6.45, 7) is 12.5. The summed E-state index contributed by atoms with van der Waals surface area (Å²) in [5.74, 6) is -5.58. The van der Waals surface area contributed by atoms with E-state index in [0.717, 1.165) is 27.3 Å². The number of likely N-dealkylation sites (tertiary alicyclic amines) is 2. The van der Waals surface area contributed by atoms with Crippen LogP contribution in [0.1, 0.15) is 95.6 Å². The summed E-state index contributed by atoms with van der Waals surface area (Å²) >= 11 is 1.56. The number of ether oxygens (including phenoxy) is 2. The number of nitrogens with zero attached hydrogens (tertiary/aromatic N) is 6. The number of amides is 5. The lowest BCUT2D eigenvalue weighted by Crippen LogP contribution is -2.58. The number of hydrogen-bond acceptors (Lipinski definition) is 13. The molecule has 0 bridgehead atoms. The molecule has 5 N–H and O–H groups in total. The molecule has 75 heavy (non-hydrogen) atoms. The van der Waals surface area contributed by atoms with Gasteiger partial charge < -0.3 is 45.8 Å². The zero-order valence-electron chi connectivity index (χ0n) is 43.3. The van der Waals surface area contributed by atoms with E-state index >= 15 is 0 Å². The first kappa shape index (κ1) is 53.7. The summed E-state index contributed by atoms with van der Waals surface area (Å²) in [4.78, 5) is 76.1. The predicted molar refractivity (Wildman–Crippen MR) is 276 cm³/mol. The number of nitrogens with one attached hydrogen (secondary N) is 4. The Morgan fingerprint density at radius 2 is 1.64 bits per heavy atom. The molecule has 21 heteroatoms. The lowest BCUT2D eigenvalue weighted by molar-refractivity contribution is -0.144. The Bertz CT molecular complexity index is 2760. The van der Waals surface area contributed by atoms with Gasteiger partial charge in [-0.3, -0.25) is 28.7 Å².